The number of carbonyl (C=O) groups is 3. The number of unbranched alkanes of at least 4 members (excludes halogenated alkanes) is 1. The zero-order valence-corrected chi connectivity index (χ0v) is 12.3. The molecule has 0 aliphatic heterocycles. The largest absolute Gasteiger partial charge is 0.481 e. The molecule has 20 heavy (non-hydrogen) atoms. The highest BCUT2D eigenvalue weighted by molar-refractivity contribution is 5.94. The lowest BCUT2D eigenvalue weighted by atomic mass is 10.2. The molecule has 0 aliphatic carbocycles. The lowest BCUT2D eigenvalue weighted by molar-refractivity contribution is -0.137. The van der Waals surface area contributed by atoms with Crippen molar-refractivity contribution >= 4 is 17.9 Å². The van der Waals surface area contributed by atoms with E-state index in [0.717, 1.165) is 0 Å². The van der Waals surface area contributed by atoms with Gasteiger partial charge in [-0.15, -0.1) is 0 Å². The van der Waals surface area contributed by atoms with Crippen LogP contribution in [0.2, 0.25) is 0 Å². The monoisotopic (exact) mass is 288 g/mol. The number of rotatable bonds is 9. The van der Waals surface area contributed by atoms with Gasteiger partial charge in [0, 0.05) is 32.5 Å². The smallest absolute Gasteiger partial charge is 0.324 e. The summed E-state index contributed by atoms with van der Waals surface area (Å²) in [4.78, 5) is 35.3. The molecule has 2 N–H and O–H groups in total. The Bertz CT molecular complexity index is 331. The van der Waals surface area contributed by atoms with Gasteiger partial charge in [0.2, 0.25) is 5.91 Å². The summed E-state index contributed by atoms with van der Waals surface area (Å²) in [5.41, 5.74) is 0. The van der Waals surface area contributed by atoms with Gasteiger partial charge in [-0.25, -0.2) is 4.79 Å². The van der Waals surface area contributed by atoms with Crippen molar-refractivity contribution in [2.45, 2.75) is 45.6 Å². The number of carboxylic acid groups (broad SMARTS) is 1. The normalized spacial score (nSPS) is 10.4. The highest BCUT2D eigenvalue weighted by Crippen LogP contribution is 2.02. The van der Waals surface area contributed by atoms with Crippen molar-refractivity contribution in [2.24, 2.45) is 0 Å². The molecule has 7 heteroatoms. The fourth-order valence-electron chi connectivity index (χ4n) is 1.60. The highest BCUT2D eigenvalue weighted by atomic mass is 16.5. The van der Waals surface area contributed by atoms with E-state index in [-0.39, 0.29) is 24.8 Å². The van der Waals surface area contributed by atoms with Crippen molar-refractivity contribution < 1.29 is 24.2 Å². The van der Waals surface area contributed by atoms with E-state index in [0.29, 0.717) is 26.0 Å². The summed E-state index contributed by atoms with van der Waals surface area (Å²) in [5, 5.41) is 10.8. The highest BCUT2D eigenvalue weighted by Gasteiger charge is 2.18. The predicted molar refractivity (Wildman–Crippen MR) is 73.4 cm³/mol. The number of aliphatic carboxylic acids is 1. The zero-order chi connectivity index (χ0) is 15.5. The Kier molecular flexibility index (Phi) is 9.36. The molecule has 0 bridgehead atoms. The topological polar surface area (TPSA) is 95.9 Å². The van der Waals surface area contributed by atoms with Crippen molar-refractivity contribution in [1.82, 2.24) is 10.2 Å². The molecule has 0 fully saturated rings. The average Bonchev–Trinajstić information content (AvgIpc) is 2.34. The van der Waals surface area contributed by atoms with E-state index in [2.05, 4.69) is 5.32 Å². The molecule has 0 saturated heterocycles. The average molecular weight is 288 g/mol. The molecule has 0 aromatic heterocycles. The van der Waals surface area contributed by atoms with Crippen molar-refractivity contribution in [3.8, 4) is 0 Å². The van der Waals surface area contributed by atoms with E-state index in [1.165, 1.54) is 4.90 Å². The summed E-state index contributed by atoms with van der Waals surface area (Å²) in [5.74, 6) is -1.27. The van der Waals surface area contributed by atoms with Crippen LogP contribution in [0.4, 0.5) is 4.79 Å². The number of imide groups is 1. The number of nitrogens with zero attached hydrogens (tertiary/aromatic N) is 1. The van der Waals surface area contributed by atoms with Crippen molar-refractivity contribution in [3.05, 3.63) is 0 Å². The molecule has 0 heterocycles. The number of nitrogens with one attached hydrogen (secondary N) is 1. The van der Waals surface area contributed by atoms with Crippen LogP contribution in [0.15, 0.2) is 0 Å². The number of urea groups is 1. The fourth-order valence-corrected chi connectivity index (χ4v) is 1.60. The van der Waals surface area contributed by atoms with E-state index >= 15 is 0 Å². The Morgan fingerprint density at radius 1 is 1.20 bits per heavy atom. The van der Waals surface area contributed by atoms with Crippen LogP contribution in [0, 0.1) is 0 Å². The quantitative estimate of drug-likeness (QED) is 0.622. The van der Waals surface area contributed by atoms with Crippen molar-refractivity contribution in [3.63, 3.8) is 0 Å². The lowest BCUT2D eigenvalue weighted by Gasteiger charge is -2.26. The predicted octanol–water partition coefficient (Wildman–Crippen LogP) is 1.22. The van der Waals surface area contributed by atoms with Crippen molar-refractivity contribution in [2.75, 3.05) is 20.3 Å². The molecule has 0 unspecified atom stereocenters. The molecule has 0 atom stereocenters. The van der Waals surface area contributed by atoms with Gasteiger partial charge in [0.25, 0.3) is 0 Å². The summed E-state index contributed by atoms with van der Waals surface area (Å²) in [6.45, 7) is 4.52. The number of methoxy groups -OCH3 is 1. The minimum atomic E-state index is -0.882. The Morgan fingerprint density at radius 3 is 2.30 bits per heavy atom. The van der Waals surface area contributed by atoms with Gasteiger partial charge in [-0.1, -0.05) is 0 Å². The van der Waals surface area contributed by atoms with Gasteiger partial charge in [0.15, 0.2) is 0 Å². The maximum atomic E-state index is 11.9. The molecule has 0 rings (SSSR count). The fraction of sp³-hybridized carbons (Fsp3) is 0.769. The first-order valence-electron chi connectivity index (χ1n) is 6.69. The Labute approximate surface area is 119 Å². The van der Waals surface area contributed by atoms with E-state index in [9.17, 15) is 14.4 Å². The molecule has 0 radical (unpaired) electrons. The van der Waals surface area contributed by atoms with Gasteiger partial charge in [0.1, 0.15) is 0 Å². The maximum absolute atomic E-state index is 11.9. The molecule has 3 amide bonds. The maximum Gasteiger partial charge on any atom is 0.324 e. The molecule has 0 saturated carbocycles. The molecular weight excluding hydrogens is 264 g/mol. The second kappa shape index (κ2) is 10.2. The standard InChI is InChI=1S/C13H24N2O5/c1-10(2)15(8-9-20-3)13(19)14-11(16)6-4-5-7-12(17)18/h10H,4-9H2,1-3H3,(H,17,18)(H,14,16,19). The minimum absolute atomic E-state index is 0.0349. The molecular formula is C13H24N2O5. The molecule has 0 aromatic rings. The second-order valence-corrected chi connectivity index (χ2v) is 4.73. The van der Waals surface area contributed by atoms with Gasteiger partial charge in [-0.2, -0.15) is 0 Å². The number of hydrogen-bond acceptors (Lipinski definition) is 4. The third kappa shape index (κ3) is 8.47. The van der Waals surface area contributed by atoms with Crippen LogP contribution in [0.1, 0.15) is 39.5 Å². The molecule has 0 aliphatic rings. The molecule has 7 nitrogen and oxygen atoms in total. The second-order valence-electron chi connectivity index (χ2n) is 4.73. The summed E-state index contributed by atoms with van der Waals surface area (Å²) < 4.78 is 4.92. The van der Waals surface area contributed by atoms with Gasteiger partial charge in [-0.3, -0.25) is 14.9 Å². The zero-order valence-electron chi connectivity index (χ0n) is 12.3. The summed E-state index contributed by atoms with van der Waals surface area (Å²) in [6, 6.07) is -0.481. The first-order chi connectivity index (χ1) is 9.38. The summed E-state index contributed by atoms with van der Waals surface area (Å²) in [6.07, 6.45) is 1.06. The van der Waals surface area contributed by atoms with E-state index in [1.807, 2.05) is 13.8 Å². The van der Waals surface area contributed by atoms with Gasteiger partial charge >= 0.3 is 12.0 Å². The van der Waals surface area contributed by atoms with Crippen molar-refractivity contribution in [1.29, 1.82) is 0 Å². The van der Waals surface area contributed by atoms with Gasteiger partial charge in [-0.05, 0) is 26.7 Å². The van der Waals surface area contributed by atoms with Gasteiger partial charge in [0.05, 0.1) is 6.61 Å². The molecule has 0 spiro atoms. The lowest BCUT2D eigenvalue weighted by Crippen LogP contribution is -2.47. The van der Waals surface area contributed by atoms with Crippen LogP contribution in [-0.4, -0.2) is 54.2 Å². The van der Waals surface area contributed by atoms with Crippen LogP contribution in [-0.2, 0) is 14.3 Å². The van der Waals surface area contributed by atoms with Crippen LogP contribution in [0.5, 0.6) is 0 Å². The van der Waals surface area contributed by atoms with Crippen LogP contribution < -0.4 is 5.32 Å². The Hall–Kier alpha value is -1.63. The number of ether oxygens (including phenoxy) is 1. The Morgan fingerprint density at radius 2 is 1.80 bits per heavy atom. The molecule has 116 valence electrons. The van der Waals surface area contributed by atoms with Crippen LogP contribution in [0.25, 0.3) is 0 Å². The van der Waals surface area contributed by atoms with Crippen LogP contribution in [0.3, 0.4) is 0 Å². The van der Waals surface area contributed by atoms with Crippen LogP contribution >= 0.6 is 0 Å². The van der Waals surface area contributed by atoms with Gasteiger partial charge < -0.3 is 14.7 Å². The van der Waals surface area contributed by atoms with E-state index in [1.54, 1.807) is 7.11 Å². The number of carboxylic acids is 1. The first-order valence-corrected chi connectivity index (χ1v) is 6.69. The minimum Gasteiger partial charge on any atom is -0.481 e. The number of hydrogen-bond donors (Lipinski definition) is 2. The third-order valence-electron chi connectivity index (χ3n) is 2.71. The SMILES string of the molecule is COCCN(C(=O)NC(=O)CCCCC(=O)O)C(C)C. The summed E-state index contributed by atoms with van der Waals surface area (Å²) in [7, 11) is 1.55. The third-order valence-corrected chi connectivity index (χ3v) is 2.71. The number of carbonyl (C=O) groups excluding carboxylic acids is 2. The molecule has 0 aromatic carbocycles. The Balaban J connectivity index is 4.07. The van der Waals surface area contributed by atoms with E-state index in [4.69, 9.17) is 9.84 Å². The number of amides is 3. The summed E-state index contributed by atoms with van der Waals surface area (Å²) >= 11 is 0. The van der Waals surface area contributed by atoms with E-state index < -0.39 is 12.0 Å². The first kappa shape index (κ1) is 18.4.